The van der Waals surface area contributed by atoms with Crippen molar-refractivity contribution < 1.29 is 19.0 Å². The molecule has 0 amide bonds. The van der Waals surface area contributed by atoms with E-state index in [1.165, 1.54) is 6.07 Å². The lowest BCUT2D eigenvalue weighted by Gasteiger charge is -2.45. The first-order chi connectivity index (χ1) is 16.4. The van der Waals surface area contributed by atoms with Crippen molar-refractivity contribution in [3.63, 3.8) is 0 Å². The van der Waals surface area contributed by atoms with E-state index in [0.29, 0.717) is 35.0 Å². The monoisotopic (exact) mass is 564 g/mol. The zero-order chi connectivity index (χ0) is 24.6. The summed E-state index contributed by atoms with van der Waals surface area (Å²) in [4.78, 5) is 10.5. The molecule has 4 nitrogen and oxygen atoms in total. The standard InChI is InChI=1S/C27H27BrCl2O4/c1-3-14-32-24-17-25(23(29)16-21(24)18-31)33-19-27(34-15-8-13-28)12-7-11-22(26(27,2)30)20-9-5-4-6-10-20/h3-7,9-12,16-18H,1,8,13-15,19H2,2H3. The molecule has 0 radical (unpaired) electrons. The first kappa shape index (κ1) is 26.6. The van der Waals surface area contributed by atoms with E-state index < -0.39 is 10.5 Å². The summed E-state index contributed by atoms with van der Waals surface area (Å²) in [5, 5.41) is 1.09. The van der Waals surface area contributed by atoms with Crippen molar-refractivity contribution in [1.82, 2.24) is 0 Å². The average Bonchev–Trinajstić information content (AvgIpc) is 2.84. The minimum absolute atomic E-state index is 0.0943. The Bertz CT molecular complexity index is 1070. The van der Waals surface area contributed by atoms with Crippen LogP contribution in [0.15, 0.2) is 73.3 Å². The van der Waals surface area contributed by atoms with Crippen LogP contribution in [0.1, 0.15) is 29.3 Å². The lowest BCUT2D eigenvalue weighted by Crippen LogP contribution is -2.55. The van der Waals surface area contributed by atoms with Crippen molar-refractivity contribution in [2.75, 3.05) is 25.2 Å². The van der Waals surface area contributed by atoms with Gasteiger partial charge in [-0.1, -0.05) is 82.7 Å². The molecule has 0 saturated carbocycles. The number of alkyl halides is 2. The summed E-state index contributed by atoms with van der Waals surface area (Å²) in [6.07, 6.45) is 8.97. The first-order valence-electron chi connectivity index (χ1n) is 10.9. The zero-order valence-electron chi connectivity index (χ0n) is 18.9. The molecule has 2 atom stereocenters. The molecule has 0 aromatic heterocycles. The third kappa shape index (κ3) is 5.77. The van der Waals surface area contributed by atoms with Gasteiger partial charge in [0.05, 0.1) is 10.6 Å². The predicted octanol–water partition coefficient (Wildman–Crippen LogP) is 7.29. The SMILES string of the molecule is C=CCOc1cc(OCC2(OCCCBr)C=CC=C(c3ccccc3)C2(C)Cl)c(Cl)cc1C=O. The Morgan fingerprint density at radius 2 is 1.91 bits per heavy atom. The summed E-state index contributed by atoms with van der Waals surface area (Å²) in [6, 6.07) is 13.1. The molecule has 1 aliphatic rings. The smallest absolute Gasteiger partial charge is 0.153 e. The fourth-order valence-corrected chi connectivity index (χ4v) is 4.55. The number of carbonyl (C=O) groups excluding carboxylic acids is 1. The van der Waals surface area contributed by atoms with Crippen LogP contribution in [-0.2, 0) is 4.74 Å². The van der Waals surface area contributed by atoms with Crippen LogP contribution in [0.2, 0.25) is 5.02 Å². The Morgan fingerprint density at radius 1 is 1.15 bits per heavy atom. The van der Waals surface area contributed by atoms with E-state index in [0.717, 1.165) is 22.9 Å². The van der Waals surface area contributed by atoms with Crippen molar-refractivity contribution in [1.29, 1.82) is 0 Å². The first-order valence-corrected chi connectivity index (χ1v) is 12.8. The molecule has 180 valence electrons. The molecule has 0 fully saturated rings. The third-order valence-corrected chi connectivity index (χ3v) is 7.02. The lowest BCUT2D eigenvalue weighted by atomic mass is 9.76. The number of carbonyl (C=O) groups is 1. The van der Waals surface area contributed by atoms with Gasteiger partial charge in [0.1, 0.15) is 35.2 Å². The molecule has 0 heterocycles. The maximum absolute atomic E-state index is 11.5. The van der Waals surface area contributed by atoms with Crippen LogP contribution in [0, 0.1) is 0 Å². The minimum atomic E-state index is -0.981. The van der Waals surface area contributed by atoms with Crippen molar-refractivity contribution in [2.45, 2.75) is 23.8 Å². The van der Waals surface area contributed by atoms with Crippen LogP contribution in [0.5, 0.6) is 11.5 Å². The number of hydrogen-bond acceptors (Lipinski definition) is 4. The maximum Gasteiger partial charge on any atom is 0.153 e. The summed E-state index contributed by atoms with van der Waals surface area (Å²) in [6.45, 7) is 6.40. The second kappa shape index (κ2) is 12.1. The fourth-order valence-electron chi connectivity index (χ4n) is 3.76. The highest BCUT2D eigenvalue weighted by Gasteiger charge is 2.51. The topological polar surface area (TPSA) is 44.8 Å². The van der Waals surface area contributed by atoms with E-state index in [1.807, 2.05) is 55.5 Å². The molecule has 0 aliphatic heterocycles. The van der Waals surface area contributed by atoms with Crippen molar-refractivity contribution in [2.24, 2.45) is 0 Å². The van der Waals surface area contributed by atoms with E-state index in [1.54, 1.807) is 12.1 Å². The van der Waals surface area contributed by atoms with Gasteiger partial charge in [-0.3, -0.25) is 4.79 Å². The van der Waals surface area contributed by atoms with Gasteiger partial charge in [0.25, 0.3) is 0 Å². The largest absolute Gasteiger partial charge is 0.489 e. The van der Waals surface area contributed by atoms with E-state index in [9.17, 15) is 4.79 Å². The molecule has 2 aromatic rings. The number of allylic oxidation sites excluding steroid dienone is 2. The number of aldehydes is 1. The second-order valence-corrected chi connectivity index (χ2v) is 9.87. The van der Waals surface area contributed by atoms with Crippen LogP contribution >= 0.6 is 39.1 Å². The Balaban J connectivity index is 1.95. The van der Waals surface area contributed by atoms with Crippen LogP contribution in [0.25, 0.3) is 5.57 Å². The van der Waals surface area contributed by atoms with Gasteiger partial charge in [0, 0.05) is 18.0 Å². The van der Waals surface area contributed by atoms with Crippen molar-refractivity contribution in [3.8, 4) is 11.5 Å². The zero-order valence-corrected chi connectivity index (χ0v) is 22.0. The number of benzene rings is 2. The fraction of sp³-hybridized carbons (Fsp3) is 0.296. The summed E-state index contributed by atoms with van der Waals surface area (Å²) in [5.41, 5.74) is 1.28. The highest BCUT2D eigenvalue weighted by molar-refractivity contribution is 9.09. The van der Waals surface area contributed by atoms with Crippen LogP contribution in [0.3, 0.4) is 0 Å². The minimum Gasteiger partial charge on any atom is -0.489 e. The van der Waals surface area contributed by atoms with E-state index in [-0.39, 0.29) is 13.2 Å². The van der Waals surface area contributed by atoms with Gasteiger partial charge in [-0.15, -0.1) is 11.6 Å². The van der Waals surface area contributed by atoms with E-state index in [4.69, 9.17) is 37.4 Å². The summed E-state index contributed by atoms with van der Waals surface area (Å²) in [7, 11) is 0. The molecule has 0 spiro atoms. The number of ether oxygens (including phenoxy) is 3. The molecule has 34 heavy (non-hydrogen) atoms. The molecule has 7 heteroatoms. The third-order valence-electron chi connectivity index (χ3n) is 5.64. The van der Waals surface area contributed by atoms with E-state index >= 15 is 0 Å². The molecule has 0 N–H and O–H groups in total. The van der Waals surface area contributed by atoms with Gasteiger partial charge in [0.15, 0.2) is 6.29 Å². The van der Waals surface area contributed by atoms with E-state index in [2.05, 4.69) is 22.5 Å². The van der Waals surface area contributed by atoms with Gasteiger partial charge < -0.3 is 14.2 Å². The number of rotatable bonds is 12. The highest BCUT2D eigenvalue weighted by atomic mass is 79.9. The van der Waals surface area contributed by atoms with Gasteiger partial charge in [-0.25, -0.2) is 0 Å². The van der Waals surface area contributed by atoms with Gasteiger partial charge >= 0.3 is 0 Å². The quantitative estimate of drug-likeness (QED) is 0.117. The Labute approximate surface area is 219 Å². The van der Waals surface area contributed by atoms with Gasteiger partial charge in [0.2, 0.25) is 0 Å². The molecule has 0 bridgehead atoms. The van der Waals surface area contributed by atoms with Crippen LogP contribution in [0.4, 0.5) is 0 Å². The maximum atomic E-state index is 11.5. The predicted molar refractivity (Wildman–Crippen MR) is 143 cm³/mol. The van der Waals surface area contributed by atoms with Gasteiger partial charge in [-0.2, -0.15) is 0 Å². The molecular formula is C27H27BrCl2O4. The molecule has 0 saturated heterocycles. The summed E-state index contributed by atoms with van der Waals surface area (Å²) < 4.78 is 18.2. The van der Waals surface area contributed by atoms with Gasteiger partial charge in [-0.05, 0) is 36.6 Å². The molecule has 2 aromatic carbocycles. The average molecular weight is 566 g/mol. The molecule has 2 unspecified atom stereocenters. The normalized spacial score (nSPS) is 21.6. The van der Waals surface area contributed by atoms with Crippen LogP contribution < -0.4 is 9.47 Å². The molecule has 1 aliphatic carbocycles. The number of halogens is 3. The molecule has 3 rings (SSSR count). The Kier molecular flexibility index (Phi) is 9.43. The second-order valence-electron chi connectivity index (χ2n) is 7.92. The highest BCUT2D eigenvalue weighted by Crippen LogP contribution is 2.47. The lowest BCUT2D eigenvalue weighted by molar-refractivity contribution is -0.0511. The summed E-state index contributed by atoms with van der Waals surface area (Å²) >= 11 is 17.2. The Morgan fingerprint density at radius 3 is 2.59 bits per heavy atom. The van der Waals surface area contributed by atoms with Crippen LogP contribution in [-0.4, -0.2) is 41.9 Å². The van der Waals surface area contributed by atoms with Crippen molar-refractivity contribution in [3.05, 3.63) is 89.5 Å². The number of hydrogen-bond donors (Lipinski definition) is 0. The van der Waals surface area contributed by atoms with Crippen molar-refractivity contribution >= 4 is 51.0 Å². The molecular weight excluding hydrogens is 539 g/mol. The summed E-state index contributed by atoms with van der Waals surface area (Å²) in [5.74, 6) is 0.729. The Hall–Kier alpha value is -2.05.